The van der Waals surface area contributed by atoms with Crippen LogP contribution in [0.5, 0.6) is 0 Å². The van der Waals surface area contributed by atoms with E-state index >= 15 is 0 Å². The highest BCUT2D eigenvalue weighted by Gasteiger charge is 2.52. The Hall–Kier alpha value is -2.76. The molecule has 21 atom stereocenters. The fourth-order valence-corrected chi connectivity index (χ4v) is 7.39. The van der Waals surface area contributed by atoms with Crippen LogP contribution in [0, 0.1) is 5.92 Å². The summed E-state index contributed by atoms with van der Waals surface area (Å²) in [6.07, 6.45) is -34.0. The van der Waals surface area contributed by atoms with E-state index < -0.39 is 179 Å². The normalized spacial score (nSPS) is 40.0. The minimum atomic E-state index is -1.97. The van der Waals surface area contributed by atoms with Crippen molar-refractivity contribution in [2.24, 2.45) is 5.92 Å². The van der Waals surface area contributed by atoms with E-state index in [4.69, 9.17) is 37.9 Å². The molecule has 28 heteroatoms. The zero-order valence-electron chi connectivity index (χ0n) is 36.1. The minimum absolute atomic E-state index is 0.119. The second kappa shape index (κ2) is 26.3. The molecule has 0 aromatic heterocycles. The third kappa shape index (κ3) is 15.1. The van der Waals surface area contributed by atoms with Gasteiger partial charge in [-0.15, -0.1) is 0 Å². The Morgan fingerprint density at radius 2 is 0.924 bits per heavy atom. The number of ether oxygens (including phenoxy) is 8. The van der Waals surface area contributed by atoms with Crippen molar-refractivity contribution >= 4 is 23.5 Å². The van der Waals surface area contributed by atoms with E-state index in [2.05, 4.69) is 16.0 Å². The van der Waals surface area contributed by atoms with Crippen LogP contribution >= 0.6 is 0 Å². The number of amides is 3. The lowest BCUT2D eigenvalue weighted by Gasteiger charge is -2.46. The van der Waals surface area contributed by atoms with Crippen LogP contribution in [0.25, 0.3) is 0 Å². The number of hydrogen-bond acceptors (Lipinski definition) is 25. The summed E-state index contributed by atoms with van der Waals surface area (Å²) in [7, 11) is 0. The van der Waals surface area contributed by atoms with Gasteiger partial charge in [0.25, 0.3) is 0 Å². The Bertz CT molecular complexity index is 1530. The predicted octanol–water partition coefficient (Wildman–Crippen LogP) is -9.98. The fraction of sp³-hybridized carbons (Fsp3) is 0.895. The Balaban J connectivity index is 1.35. The summed E-state index contributed by atoms with van der Waals surface area (Å²) in [5.74, 6) is -3.16. The molecule has 0 aliphatic carbocycles. The molecule has 4 saturated heterocycles. The third-order valence-electron chi connectivity index (χ3n) is 11.2. The smallest absolute Gasteiger partial charge is 0.220 e. The van der Waals surface area contributed by atoms with Crippen molar-refractivity contribution in [1.29, 1.82) is 0 Å². The molecule has 4 aliphatic heterocycles. The maximum Gasteiger partial charge on any atom is 0.220 e. The van der Waals surface area contributed by atoms with Crippen molar-refractivity contribution in [3.8, 4) is 0 Å². The van der Waals surface area contributed by atoms with Gasteiger partial charge in [-0.25, -0.2) is 0 Å². The summed E-state index contributed by atoms with van der Waals surface area (Å²) in [6, 6.07) is 0. The number of rotatable bonds is 23. The standard InChI is InChI=1S/C38H65N3O25/c1-14(44)10-41-22(47)9-16(7-20(45)39-3-5-59-35-30(55)27(52)23(48)15(2)62-35)8-21(46)40-4-6-60-37-33(58)34(66-38-32(57)29(54)25(50)18(12-43)64-38)26(51)19(65-37)13-61-36-31(56)28(53)24(49)17(11-42)63-36/h15-19,23-38,42-43,48-58H,3-13H2,1-2H3,(H,39,45)(H,40,46)(H,41,47)/t15-,16?,17+,18+,19+,23+,24+,25+,26+,27+,28-,29-,30-,31-,32-,33-,34-,35+,36-,37-,38+/m0/s1. The van der Waals surface area contributed by atoms with Crippen LogP contribution in [0.3, 0.4) is 0 Å². The Kier molecular flexibility index (Phi) is 22.2. The zero-order chi connectivity index (χ0) is 49.0. The van der Waals surface area contributed by atoms with E-state index in [0.29, 0.717) is 0 Å². The van der Waals surface area contributed by atoms with Gasteiger partial charge in [0, 0.05) is 32.4 Å². The first-order valence-electron chi connectivity index (χ1n) is 21.3. The molecule has 4 aliphatic rings. The molecule has 16 N–H and O–H groups in total. The summed E-state index contributed by atoms with van der Waals surface area (Å²) >= 11 is 0. The van der Waals surface area contributed by atoms with Crippen molar-refractivity contribution in [2.45, 2.75) is 156 Å². The molecule has 66 heavy (non-hydrogen) atoms. The van der Waals surface area contributed by atoms with E-state index in [1.807, 2.05) is 0 Å². The topological polar surface area (TPSA) is 441 Å². The van der Waals surface area contributed by atoms with Crippen molar-refractivity contribution in [1.82, 2.24) is 16.0 Å². The average molecular weight is 964 g/mol. The lowest BCUT2D eigenvalue weighted by atomic mass is 9.96. The molecule has 0 radical (unpaired) electrons. The van der Waals surface area contributed by atoms with E-state index in [0.717, 1.165) is 0 Å². The number of aliphatic hydroxyl groups excluding tert-OH is 13. The van der Waals surface area contributed by atoms with E-state index in [1.54, 1.807) is 0 Å². The van der Waals surface area contributed by atoms with Gasteiger partial charge in [-0.1, -0.05) is 0 Å². The first kappa shape index (κ1) is 55.8. The van der Waals surface area contributed by atoms with Crippen LogP contribution in [-0.2, 0) is 57.1 Å². The Labute approximate surface area is 377 Å². The van der Waals surface area contributed by atoms with Gasteiger partial charge in [-0.2, -0.15) is 0 Å². The molecule has 4 heterocycles. The van der Waals surface area contributed by atoms with Gasteiger partial charge in [-0.05, 0) is 19.8 Å². The second-order valence-electron chi connectivity index (χ2n) is 16.4. The fourth-order valence-electron chi connectivity index (χ4n) is 7.39. The molecule has 382 valence electrons. The van der Waals surface area contributed by atoms with Crippen LogP contribution in [0.15, 0.2) is 0 Å². The van der Waals surface area contributed by atoms with Crippen LogP contribution in [0.1, 0.15) is 33.1 Å². The third-order valence-corrected chi connectivity index (χ3v) is 11.2. The Morgan fingerprint density at radius 3 is 1.42 bits per heavy atom. The van der Waals surface area contributed by atoms with Gasteiger partial charge >= 0.3 is 0 Å². The van der Waals surface area contributed by atoms with Crippen molar-refractivity contribution in [2.75, 3.05) is 52.7 Å². The molecule has 28 nitrogen and oxygen atoms in total. The Morgan fingerprint density at radius 1 is 0.500 bits per heavy atom. The molecule has 0 bridgehead atoms. The highest BCUT2D eigenvalue weighted by Crippen LogP contribution is 2.31. The molecule has 0 saturated carbocycles. The van der Waals surface area contributed by atoms with Gasteiger partial charge in [0.05, 0.1) is 45.7 Å². The van der Waals surface area contributed by atoms with Crippen molar-refractivity contribution in [3.05, 3.63) is 0 Å². The van der Waals surface area contributed by atoms with Crippen LogP contribution in [-0.4, -0.2) is 265 Å². The highest BCUT2D eigenvalue weighted by molar-refractivity contribution is 5.86. The summed E-state index contributed by atoms with van der Waals surface area (Å²) in [5, 5.41) is 141. The van der Waals surface area contributed by atoms with Crippen molar-refractivity contribution < 1.29 is 123 Å². The second-order valence-corrected chi connectivity index (χ2v) is 16.4. The molecular weight excluding hydrogens is 898 g/mol. The first-order chi connectivity index (χ1) is 31.2. The SMILES string of the molecule is CC(=O)CNC(=O)CC(CC(=O)NCCO[C@@H]1O[C@@H](C)[C@@H](O)[C@@H](O)[C@@H]1O)CC(=O)NCCO[C@H]1O[C@H](CO[C@H]2O[C@H](CO)[C@@H](O)[C@H](O)[C@@H]2O)[C@@H](O)[C@H](O[C@H]2O[C@H](CO)[C@@H](O)[C@H](O)[C@@H]2O)[C@@H]1O. The van der Waals surface area contributed by atoms with Gasteiger partial charge in [0.1, 0.15) is 97.3 Å². The van der Waals surface area contributed by atoms with Gasteiger partial charge in [-0.3, -0.25) is 19.2 Å². The molecule has 1 unspecified atom stereocenters. The number of Topliss-reactive ketones (excluding diaryl/α,β-unsaturated/α-hetero) is 1. The highest BCUT2D eigenvalue weighted by atomic mass is 16.8. The predicted molar refractivity (Wildman–Crippen MR) is 210 cm³/mol. The molecule has 0 spiro atoms. The maximum absolute atomic E-state index is 13.1. The summed E-state index contributed by atoms with van der Waals surface area (Å²) in [5.41, 5.74) is 0. The molecule has 3 amide bonds. The molecule has 0 aromatic rings. The zero-order valence-corrected chi connectivity index (χ0v) is 36.1. The lowest BCUT2D eigenvalue weighted by molar-refractivity contribution is -0.366. The molecular formula is C38H65N3O25. The first-order valence-corrected chi connectivity index (χ1v) is 21.3. The number of aliphatic hydroxyl groups is 13. The molecule has 0 aromatic carbocycles. The number of hydrogen-bond donors (Lipinski definition) is 16. The summed E-state index contributed by atoms with van der Waals surface area (Å²) < 4.78 is 44.0. The summed E-state index contributed by atoms with van der Waals surface area (Å²) in [4.78, 5) is 50.0. The summed E-state index contributed by atoms with van der Waals surface area (Å²) in [6.45, 7) is -0.940. The average Bonchev–Trinajstić information content (AvgIpc) is 3.27. The van der Waals surface area contributed by atoms with Crippen molar-refractivity contribution in [3.63, 3.8) is 0 Å². The maximum atomic E-state index is 13.1. The van der Waals surface area contributed by atoms with Gasteiger partial charge in [0.15, 0.2) is 25.2 Å². The minimum Gasteiger partial charge on any atom is -0.394 e. The van der Waals surface area contributed by atoms with Crippen LogP contribution in [0.4, 0.5) is 0 Å². The number of nitrogens with one attached hydrogen (secondary N) is 3. The molecule has 4 fully saturated rings. The van der Waals surface area contributed by atoms with Crippen LogP contribution < -0.4 is 16.0 Å². The van der Waals surface area contributed by atoms with Gasteiger partial charge < -0.3 is 120 Å². The van der Waals surface area contributed by atoms with E-state index in [1.165, 1.54) is 13.8 Å². The number of carbonyl (C=O) groups is 4. The van der Waals surface area contributed by atoms with Crippen LogP contribution in [0.2, 0.25) is 0 Å². The monoisotopic (exact) mass is 963 g/mol. The van der Waals surface area contributed by atoms with Gasteiger partial charge in [0.2, 0.25) is 17.7 Å². The van der Waals surface area contributed by atoms with E-state index in [-0.39, 0.29) is 44.9 Å². The largest absolute Gasteiger partial charge is 0.394 e. The lowest BCUT2D eigenvalue weighted by Crippen LogP contribution is -2.65. The number of carbonyl (C=O) groups excluding carboxylic acids is 4. The molecule has 4 rings (SSSR count). The van der Waals surface area contributed by atoms with E-state index in [9.17, 15) is 85.6 Å². The quantitative estimate of drug-likeness (QED) is 0.0423. The number of ketones is 1.